The Morgan fingerprint density at radius 3 is 2.10 bits per heavy atom. The van der Waals surface area contributed by atoms with Gasteiger partial charge in [0.1, 0.15) is 23.6 Å². The second-order valence-electron chi connectivity index (χ2n) is 9.55. The number of H-pyrrole nitrogens is 1. The number of rotatable bonds is 9. The molecule has 5 rings (SSSR count). The number of aliphatic hydroxyl groups excluding tert-OH is 2. The highest BCUT2D eigenvalue weighted by atomic mass is 19.1. The standard InChI is InChI=1S/C30H29FN2O7/c1-38-23-13-11-20(12-14-23)19-7-9-22(10-8-19)26(21-5-3-2-4-6-21)39-27-25(31)28(40-30(27,17-34)18-35)33-16-15-24(36)32-29(33)37/h2-16,25-28,34-35H,17-18H2,1H3,(H,32,36,37)/t25-,26?,27-,28+/m0/s1. The van der Waals surface area contributed by atoms with Crippen molar-refractivity contribution in [3.8, 4) is 16.9 Å². The van der Waals surface area contributed by atoms with Crippen molar-refractivity contribution < 1.29 is 28.8 Å². The Labute approximate surface area is 229 Å². The van der Waals surface area contributed by atoms with Crippen LogP contribution in [0.15, 0.2) is 101 Å². The third kappa shape index (κ3) is 5.22. The molecule has 4 aromatic rings. The first-order valence-corrected chi connectivity index (χ1v) is 12.7. The summed E-state index contributed by atoms with van der Waals surface area (Å²) < 4.78 is 34.3. The minimum absolute atomic E-state index is 0.653. The Kier molecular flexibility index (Phi) is 7.95. The van der Waals surface area contributed by atoms with E-state index in [9.17, 15) is 19.8 Å². The Morgan fingerprint density at radius 2 is 1.52 bits per heavy atom. The van der Waals surface area contributed by atoms with Gasteiger partial charge < -0.3 is 24.4 Å². The molecule has 1 aliphatic rings. The summed E-state index contributed by atoms with van der Waals surface area (Å²) in [6.45, 7) is -1.55. The lowest BCUT2D eigenvalue weighted by Gasteiger charge is -2.33. The Bertz CT molecular complexity index is 1530. The van der Waals surface area contributed by atoms with Gasteiger partial charge in [-0.05, 0) is 34.4 Å². The van der Waals surface area contributed by atoms with Gasteiger partial charge in [-0.3, -0.25) is 14.3 Å². The Balaban J connectivity index is 1.50. The van der Waals surface area contributed by atoms with Crippen molar-refractivity contribution in [2.24, 2.45) is 0 Å². The van der Waals surface area contributed by atoms with E-state index < -0.39 is 54.7 Å². The Morgan fingerprint density at radius 1 is 0.925 bits per heavy atom. The van der Waals surface area contributed by atoms with Crippen LogP contribution in [0, 0.1) is 0 Å². The van der Waals surface area contributed by atoms with Crippen molar-refractivity contribution in [2.45, 2.75) is 30.2 Å². The van der Waals surface area contributed by atoms with E-state index in [0.717, 1.165) is 33.7 Å². The number of alkyl halides is 1. The summed E-state index contributed by atoms with van der Waals surface area (Å²) >= 11 is 0. The van der Waals surface area contributed by atoms with E-state index >= 15 is 4.39 Å². The molecule has 4 atom stereocenters. The van der Waals surface area contributed by atoms with Gasteiger partial charge in [-0.25, -0.2) is 9.18 Å². The van der Waals surface area contributed by atoms with Crippen molar-refractivity contribution in [1.82, 2.24) is 9.55 Å². The van der Waals surface area contributed by atoms with Gasteiger partial charge in [0, 0.05) is 12.3 Å². The van der Waals surface area contributed by atoms with Crippen LogP contribution in [-0.4, -0.2) is 58.0 Å². The average molecular weight is 549 g/mol. The average Bonchev–Trinajstić information content (AvgIpc) is 3.27. The Hall–Kier alpha value is -4.09. The molecule has 0 aliphatic carbocycles. The first kappa shape index (κ1) is 27.5. The van der Waals surface area contributed by atoms with E-state index in [2.05, 4.69) is 4.98 Å². The molecule has 0 bridgehead atoms. The molecule has 10 heteroatoms. The number of aromatic amines is 1. The summed E-state index contributed by atoms with van der Waals surface area (Å²) in [5, 5.41) is 20.5. The van der Waals surface area contributed by atoms with E-state index in [1.807, 2.05) is 78.9 Å². The highest BCUT2D eigenvalue weighted by molar-refractivity contribution is 5.64. The fourth-order valence-corrected chi connectivity index (χ4v) is 4.91. The second kappa shape index (κ2) is 11.6. The van der Waals surface area contributed by atoms with Crippen LogP contribution in [0.4, 0.5) is 4.39 Å². The van der Waals surface area contributed by atoms with E-state index in [1.54, 1.807) is 7.11 Å². The van der Waals surface area contributed by atoms with E-state index in [-0.39, 0.29) is 0 Å². The molecule has 1 aliphatic heterocycles. The van der Waals surface area contributed by atoms with Crippen LogP contribution in [0.25, 0.3) is 11.1 Å². The van der Waals surface area contributed by atoms with Crippen LogP contribution in [0.1, 0.15) is 23.5 Å². The number of methoxy groups -OCH3 is 1. The van der Waals surface area contributed by atoms with Gasteiger partial charge in [-0.1, -0.05) is 66.7 Å². The topological polar surface area (TPSA) is 123 Å². The number of nitrogens with one attached hydrogen (secondary N) is 1. The van der Waals surface area contributed by atoms with Crippen LogP contribution >= 0.6 is 0 Å². The summed E-state index contributed by atoms with van der Waals surface area (Å²) in [5.41, 5.74) is -0.0731. The monoisotopic (exact) mass is 548 g/mol. The maximum Gasteiger partial charge on any atom is 0.330 e. The lowest BCUT2D eigenvalue weighted by molar-refractivity contribution is -0.169. The highest BCUT2D eigenvalue weighted by Crippen LogP contribution is 2.43. The zero-order valence-electron chi connectivity index (χ0n) is 21.6. The molecule has 1 fully saturated rings. The SMILES string of the molecule is COc1ccc(-c2ccc(C(O[C@H]3[C@H](F)[C@H](n4ccc(=O)[nH]c4=O)OC3(CO)CO)c3ccccc3)cc2)cc1. The molecule has 1 aromatic heterocycles. The molecular formula is C30H29FN2O7. The third-order valence-corrected chi connectivity index (χ3v) is 7.12. The van der Waals surface area contributed by atoms with Crippen LogP contribution in [-0.2, 0) is 9.47 Å². The van der Waals surface area contributed by atoms with Crippen LogP contribution < -0.4 is 16.0 Å². The number of ether oxygens (including phenoxy) is 3. The van der Waals surface area contributed by atoms with Crippen LogP contribution in [0.3, 0.4) is 0 Å². The molecule has 40 heavy (non-hydrogen) atoms. The molecule has 2 heterocycles. The third-order valence-electron chi connectivity index (χ3n) is 7.12. The summed E-state index contributed by atoms with van der Waals surface area (Å²) in [6, 6.07) is 25.4. The molecule has 0 saturated carbocycles. The molecule has 3 N–H and O–H groups in total. The number of hydrogen-bond donors (Lipinski definition) is 3. The zero-order valence-corrected chi connectivity index (χ0v) is 21.6. The van der Waals surface area contributed by atoms with Gasteiger partial charge >= 0.3 is 5.69 Å². The van der Waals surface area contributed by atoms with Gasteiger partial charge in [-0.15, -0.1) is 0 Å². The number of halogens is 1. The quantitative estimate of drug-likeness (QED) is 0.294. The van der Waals surface area contributed by atoms with Gasteiger partial charge in [0.25, 0.3) is 5.56 Å². The molecule has 9 nitrogen and oxygen atoms in total. The van der Waals surface area contributed by atoms with Crippen LogP contribution in [0.2, 0.25) is 0 Å². The van der Waals surface area contributed by atoms with Crippen molar-refractivity contribution in [3.05, 3.63) is 123 Å². The first-order valence-electron chi connectivity index (χ1n) is 12.7. The second-order valence-corrected chi connectivity index (χ2v) is 9.55. The maximum atomic E-state index is 16.1. The molecule has 0 spiro atoms. The minimum Gasteiger partial charge on any atom is -0.497 e. The van der Waals surface area contributed by atoms with E-state index in [4.69, 9.17) is 14.2 Å². The number of hydrogen-bond acceptors (Lipinski definition) is 7. The number of nitrogens with zero attached hydrogens (tertiary/aromatic N) is 1. The zero-order chi connectivity index (χ0) is 28.3. The number of aromatic nitrogens is 2. The molecule has 208 valence electrons. The van der Waals surface area contributed by atoms with E-state index in [1.165, 1.54) is 0 Å². The van der Waals surface area contributed by atoms with Crippen molar-refractivity contribution in [1.29, 1.82) is 0 Å². The largest absolute Gasteiger partial charge is 0.497 e. The first-order chi connectivity index (χ1) is 19.4. The lowest BCUT2D eigenvalue weighted by atomic mass is 9.94. The molecule has 1 unspecified atom stereocenters. The molecule has 1 saturated heterocycles. The summed E-state index contributed by atoms with van der Waals surface area (Å²) in [4.78, 5) is 26.0. The van der Waals surface area contributed by atoms with Crippen molar-refractivity contribution >= 4 is 0 Å². The molecule has 0 amide bonds. The normalized spacial score (nSPS) is 20.8. The highest BCUT2D eigenvalue weighted by Gasteiger charge is 2.58. The fourth-order valence-electron chi connectivity index (χ4n) is 4.91. The van der Waals surface area contributed by atoms with Crippen molar-refractivity contribution in [2.75, 3.05) is 20.3 Å². The predicted octanol–water partition coefficient (Wildman–Crippen LogP) is 2.98. The molecular weight excluding hydrogens is 519 g/mol. The minimum atomic E-state index is -1.98. The number of benzene rings is 3. The smallest absolute Gasteiger partial charge is 0.330 e. The van der Waals surface area contributed by atoms with Crippen LogP contribution in [0.5, 0.6) is 5.75 Å². The lowest BCUT2D eigenvalue weighted by Crippen LogP contribution is -2.50. The molecule has 3 aromatic carbocycles. The van der Waals surface area contributed by atoms with Crippen molar-refractivity contribution in [3.63, 3.8) is 0 Å². The number of aliphatic hydroxyl groups is 2. The van der Waals surface area contributed by atoms with Gasteiger partial charge in [0.2, 0.25) is 0 Å². The van der Waals surface area contributed by atoms with Gasteiger partial charge in [0.15, 0.2) is 12.4 Å². The summed E-state index contributed by atoms with van der Waals surface area (Å²) in [6.07, 6.45) is -4.71. The summed E-state index contributed by atoms with van der Waals surface area (Å²) in [7, 11) is 1.61. The van der Waals surface area contributed by atoms with Gasteiger partial charge in [-0.2, -0.15) is 0 Å². The van der Waals surface area contributed by atoms with Gasteiger partial charge in [0.05, 0.1) is 20.3 Å². The molecule has 0 radical (unpaired) electrons. The predicted molar refractivity (Wildman–Crippen MR) is 145 cm³/mol. The maximum absolute atomic E-state index is 16.1. The summed E-state index contributed by atoms with van der Waals surface area (Å²) in [5.74, 6) is 0.746. The van der Waals surface area contributed by atoms with E-state index in [0.29, 0.717) is 11.1 Å². The fraction of sp³-hybridized carbons (Fsp3) is 0.267.